The third-order valence-corrected chi connectivity index (χ3v) is 5.16. The molecular weight excluding hydrogens is 330 g/mol. The predicted octanol–water partition coefficient (Wildman–Crippen LogP) is 1.75. The summed E-state index contributed by atoms with van der Waals surface area (Å²) in [6.07, 6.45) is 5.65. The van der Waals surface area contributed by atoms with E-state index < -0.39 is 0 Å². The van der Waals surface area contributed by atoms with Crippen molar-refractivity contribution < 1.29 is 9.53 Å². The first-order valence-electron chi connectivity index (χ1n) is 8.64. The van der Waals surface area contributed by atoms with Crippen molar-refractivity contribution >= 4 is 17.5 Å². The Balaban J connectivity index is 1.65. The van der Waals surface area contributed by atoms with Crippen molar-refractivity contribution in [3.05, 3.63) is 33.2 Å². The summed E-state index contributed by atoms with van der Waals surface area (Å²) in [5, 5.41) is 0.0581. The molecule has 1 aromatic heterocycles. The molecule has 2 aliphatic heterocycles. The highest BCUT2D eigenvalue weighted by atomic mass is 35.5. The van der Waals surface area contributed by atoms with Crippen LogP contribution in [0.2, 0.25) is 5.02 Å². The Labute approximate surface area is 146 Å². The smallest absolute Gasteiger partial charge is 0.266 e. The van der Waals surface area contributed by atoms with Gasteiger partial charge in [-0.1, -0.05) is 11.6 Å². The Bertz CT molecular complexity index is 628. The van der Waals surface area contributed by atoms with Crippen LogP contribution < -0.4 is 5.56 Å². The van der Waals surface area contributed by atoms with Crippen LogP contribution in [0.1, 0.15) is 36.0 Å². The zero-order chi connectivity index (χ0) is 16.9. The lowest BCUT2D eigenvalue weighted by atomic mass is 9.98. The summed E-state index contributed by atoms with van der Waals surface area (Å²) in [4.78, 5) is 31.1. The first-order valence-corrected chi connectivity index (χ1v) is 9.02. The monoisotopic (exact) mass is 353 g/mol. The second-order valence-electron chi connectivity index (χ2n) is 6.46. The number of likely N-dealkylation sites (tertiary alicyclic amines) is 1. The van der Waals surface area contributed by atoms with Gasteiger partial charge in [0.1, 0.15) is 5.02 Å². The Hall–Kier alpha value is -1.37. The molecule has 0 aromatic carbocycles. The van der Waals surface area contributed by atoms with Crippen molar-refractivity contribution in [3.8, 4) is 0 Å². The molecule has 6 nitrogen and oxygen atoms in total. The molecule has 0 bridgehead atoms. The van der Waals surface area contributed by atoms with Gasteiger partial charge in [-0.25, -0.2) is 0 Å². The summed E-state index contributed by atoms with van der Waals surface area (Å²) in [5.41, 5.74) is 0.0913. The average Bonchev–Trinajstić information content (AvgIpc) is 2.63. The number of piperidine rings is 1. The van der Waals surface area contributed by atoms with Crippen molar-refractivity contribution in [1.82, 2.24) is 14.8 Å². The number of aromatic amines is 1. The molecule has 0 spiro atoms. The van der Waals surface area contributed by atoms with Gasteiger partial charge in [-0.2, -0.15) is 0 Å². The largest absolute Gasteiger partial charge is 0.379 e. The lowest BCUT2D eigenvalue weighted by Crippen LogP contribution is -2.46. The number of nitrogens with zero attached hydrogens (tertiary/aromatic N) is 2. The Morgan fingerprint density at radius 2 is 2.08 bits per heavy atom. The molecule has 0 unspecified atom stereocenters. The molecule has 1 N–H and O–H groups in total. The molecule has 1 amide bonds. The van der Waals surface area contributed by atoms with Crippen LogP contribution in [0.4, 0.5) is 0 Å². The maximum absolute atomic E-state index is 12.8. The van der Waals surface area contributed by atoms with Crippen molar-refractivity contribution in [2.24, 2.45) is 0 Å². The van der Waals surface area contributed by atoms with Crippen LogP contribution in [0.25, 0.3) is 0 Å². The van der Waals surface area contributed by atoms with Crippen molar-refractivity contribution in [1.29, 1.82) is 0 Å². The van der Waals surface area contributed by atoms with E-state index in [1.165, 1.54) is 12.3 Å². The van der Waals surface area contributed by atoms with Crippen LogP contribution in [0.3, 0.4) is 0 Å². The van der Waals surface area contributed by atoms with E-state index in [9.17, 15) is 9.59 Å². The number of hydrogen-bond acceptors (Lipinski definition) is 4. The Kier molecular flexibility index (Phi) is 5.92. The van der Waals surface area contributed by atoms with Crippen molar-refractivity contribution in [3.63, 3.8) is 0 Å². The van der Waals surface area contributed by atoms with E-state index in [0.717, 1.165) is 65.1 Å². The predicted molar refractivity (Wildman–Crippen MR) is 92.6 cm³/mol. The average molecular weight is 354 g/mol. The highest BCUT2D eigenvalue weighted by Gasteiger charge is 2.28. The summed E-state index contributed by atoms with van der Waals surface area (Å²) in [6, 6.07) is 1.72. The molecule has 2 fully saturated rings. The summed E-state index contributed by atoms with van der Waals surface area (Å²) >= 11 is 5.86. The van der Waals surface area contributed by atoms with Crippen LogP contribution in [0.15, 0.2) is 17.1 Å². The maximum Gasteiger partial charge on any atom is 0.266 e. The highest BCUT2D eigenvalue weighted by molar-refractivity contribution is 6.30. The van der Waals surface area contributed by atoms with Gasteiger partial charge in [0.15, 0.2) is 0 Å². The first kappa shape index (κ1) is 17.5. The second-order valence-corrected chi connectivity index (χ2v) is 6.86. The third-order valence-electron chi connectivity index (χ3n) is 4.88. The molecule has 3 rings (SSSR count). The fraction of sp³-hybridized carbons (Fsp3) is 0.647. The quantitative estimate of drug-likeness (QED) is 0.895. The van der Waals surface area contributed by atoms with Crippen LogP contribution in [0.5, 0.6) is 0 Å². The number of ether oxygens (including phenoxy) is 1. The van der Waals surface area contributed by atoms with Crippen LogP contribution in [-0.2, 0) is 4.74 Å². The van der Waals surface area contributed by atoms with E-state index in [-0.39, 0.29) is 22.5 Å². The zero-order valence-electron chi connectivity index (χ0n) is 13.8. The van der Waals surface area contributed by atoms with Crippen LogP contribution >= 0.6 is 11.6 Å². The van der Waals surface area contributed by atoms with Gasteiger partial charge in [0.25, 0.3) is 11.5 Å². The molecule has 0 radical (unpaired) electrons. The number of H-pyrrole nitrogens is 1. The molecule has 24 heavy (non-hydrogen) atoms. The highest BCUT2D eigenvalue weighted by Crippen LogP contribution is 2.22. The van der Waals surface area contributed by atoms with Gasteiger partial charge in [-0.15, -0.1) is 0 Å². The van der Waals surface area contributed by atoms with E-state index in [2.05, 4.69) is 9.88 Å². The molecular formula is C17H24ClN3O3. The normalized spacial score (nSPS) is 22.5. The standard InChI is InChI=1S/C17H24ClN3O3/c18-15-11-13(12-19-16(15)22)17(23)21-5-2-1-3-14(21)4-6-20-7-9-24-10-8-20/h11-12,14H,1-10H2,(H,19,22)/t14-/m0/s1. The number of pyridine rings is 1. The van der Waals surface area contributed by atoms with Crippen molar-refractivity contribution in [2.45, 2.75) is 31.7 Å². The van der Waals surface area contributed by atoms with E-state index in [4.69, 9.17) is 16.3 Å². The van der Waals surface area contributed by atoms with E-state index in [0.29, 0.717) is 5.56 Å². The molecule has 7 heteroatoms. The Morgan fingerprint density at radius 1 is 1.29 bits per heavy atom. The lowest BCUT2D eigenvalue weighted by molar-refractivity contribution is 0.0295. The number of amides is 1. The minimum atomic E-state index is -0.365. The van der Waals surface area contributed by atoms with Gasteiger partial charge in [0.05, 0.1) is 18.8 Å². The molecule has 1 aromatic rings. The van der Waals surface area contributed by atoms with E-state index in [1.54, 1.807) is 0 Å². The number of morpholine rings is 1. The summed E-state index contributed by atoms with van der Waals surface area (Å²) in [7, 11) is 0. The second kappa shape index (κ2) is 8.14. The summed E-state index contributed by atoms with van der Waals surface area (Å²) in [5.74, 6) is -0.0418. The molecule has 0 aliphatic carbocycles. The fourth-order valence-electron chi connectivity index (χ4n) is 3.47. The lowest BCUT2D eigenvalue weighted by Gasteiger charge is -2.37. The number of hydrogen-bond donors (Lipinski definition) is 1. The van der Waals surface area contributed by atoms with Crippen LogP contribution in [-0.4, -0.2) is 66.1 Å². The third kappa shape index (κ3) is 4.18. The van der Waals surface area contributed by atoms with Crippen LogP contribution in [0, 0.1) is 0 Å². The molecule has 0 saturated carbocycles. The molecule has 1 atom stereocenters. The fourth-order valence-corrected chi connectivity index (χ4v) is 3.64. The molecule has 3 heterocycles. The van der Waals surface area contributed by atoms with Gasteiger partial charge in [-0.05, 0) is 31.7 Å². The topological polar surface area (TPSA) is 65.6 Å². The number of carbonyl (C=O) groups is 1. The first-order chi connectivity index (χ1) is 11.6. The number of halogens is 1. The molecule has 2 aliphatic rings. The number of carbonyl (C=O) groups excluding carboxylic acids is 1. The molecule has 2 saturated heterocycles. The van der Waals surface area contributed by atoms with Gasteiger partial charge < -0.3 is 14.6 Å². The van der Waals surface area contributed by atoms with Crippen molar-refractivity contribution in [2.75, 3.05) is 39.4 Å². The van der Waals surface area contributed by atoms with Gasteiger partial charge in [-0.3, -0.25) is 14.5 Å². The summed E-state index contributed by atoms with van der Waals surface area (Å²) < 4.78 is 5.38. The minimum Gasteiger partial charge on any atom is -0.379 e. The van der Waals surface area contributed by atoms with E-state index in [1.807, 2.05) is 4.90 Å². The maximum atomic E-state index is 12.8. The minimum absolute atomic E-state index is 0.0418. The van der Waals surface area contributed by atoms with Gasteiger partial charge in [0, 0.05) is 38.4 Å². The van der Waals surface area contributed by atoms with E-state index >= 15 is 0 Å². The van der Waals surface area contributed by atoms with Gasteiger partial charge in [0.2, 0.25) is 0 Å². The number of aromatic nitrogens is 1. The summed E-state index contributed by atoms with van der Waals surface area (Å²) in [6.45, 7) is 5.28. The SMILES string of the molecule is O=C(c1c[nH]c(=O)c(Cl)c1)N1CCCC[C@H]1CCN1CCOCC1. The van der Waals surface area contributed by atoms with Gasteiger partial charge >= 0.3 is 0 Å². The number of nitrogens with one attached hydrogen (secondary N) is 1. The zero-order valence-corrected chi connectivity index (χ0v) is 14.6. The Morgan fingerprint density at radius 3 is 2.83 bits per heavy atom. The molecule has 132 valence electrons. The number of rotatable bonds is 4.